The Bertz CT molecular complexity index is 741. The minimum atomic E-state index is -1.45. The van der Waals surface area contributed by atoms with Gasteiger partial charge in [-0.05, 0) is 6.07 Å². The van der Waals surface area contributed by atoms with Crippen molar-refractivity contribution in [3.8, 4) is 0 Å². The lowest BCUT2D eigenvalue weighted by atomic mass is 10.1. The Morgan fingerprint density at radius 3 is 2.62 bits per heavy atom. The largest absolute Gasteiger partial charge is 0.308 e. The van der Waals surface area contributed by atoms with E-state index in [1.165, 1.54) is 6.07 Å². The molecule has 10 heteroatoms. The number of anilines is 1. The van der Waals surface area contributed by atoms with Crippen LogP contribution in [0, 0.1) is 21.7 Å². The molecular formula is C11H5ClF2N4O3. The number of nitrogens with one attached hydrogen (secondary N) is 1. The molecule has 21 heavy (non-hydrogen) atoms. The highest BCUT2D eigenvalue weighted by Gasteiger charge is 2.24. The first-order valence-electron chi connectivity index (χ1n) is 5.31. The molecule has 0 aliphatic rings. The summed E-state index contributed by atoms with van der Waals surface area (Å²) in [6, 6.07) is 2.10. The molecule has 0 unspecified atom stereocenters. The first-order valence-corrected chi connectivity index (χ1v) is 5.68. The topological polar surface area (TPSA) is 98.0 Å². The summed E-state index contributed by atoms with van der Waals surface area (Å²) in [7, 11) is 0. The van der Waals surface area contributed by atoms with Crippen molar-refractivity contribution in [3.63, 3.8) is 0 Å². The van der Waals surface area contributed by atoms with Gasteiger partial charge < -0.3 is 5.32 Å². The average Bonchev–Trinajstić information content (AvgIpc) is 2.40. The van der Waals surface area contributed by atoms with Gasteiger partial charge in [-0.2, -0.15) is 4.39 Å². The fourth-order valence-electron chi connectivity index (χ4n) is 1.46. The van der Waals surface area contributed by atoms with E-state index in [0.29, 0.717) is 12.1 Å². The lowest BCUT2D eigenvalue weighted by molar-refractivity contribution is -0.387. The highest BCUT2D eigenvalue weighted by molar-refractivity contribution is 6.29. The summed E-state index contributed by atoms with van der Waals surface area (Å²) in [5.74, 6) is -3.73. The highest BCUT2D eigenvalue weighted by Crippen LogP contribution is 2.23. The van der Waals surface area contributed by atoms with Crippen LogP contribution in [0.3, 0.4) is 0 Å². The summed E-state index contributed by atoms with van der Waals surface area (Å²) in [4.78, 5) is 28.5. The molecule has 0 aliphatic carbocycles. The molecule has 1 N–H and O–H groups in total. The molecule has 2 rings (SSSR count). The first-order chi connectivity index (χ1) is 9.88. The Morgan fingerprint density at radius 1 is 1.29 bits per heavy atom. The Kier molecular flexibility index (Phi) is 4.03. The maximum absolute atomic E-state index is 13.8. The second-order valence-electron chi connectivity index (χ2n) is 3.72. The number of benzene rings is 1. The van der Waals surface area contributed by atoms with Crippen molar-refractivity contribution >= 4 is 29.0 Å². The minimum Gasteiger partial charge on any atom is -0.306 e. The fraction of sp³-hybridized carbons (Fsp3) is 0. The molecule has 7 nitrogen and oxygen atoms in total. The van der Waals surface area contributed by atoms with Crippen LogP contribution >= 0.6 is 11.6 Å². The third kappa shape index (κ3) is 3.26. The van der Waals surface area contributed by atoms with E-state index in [-0.39, 0.29) is 11.0 Å². The molecular weight excluding hydrogens is 310 g/mol. The van der Waals surface area contributed by atoms with E-state index < -0.39 is 33.7 Å². The Labute approximate surface area is 120 Å². The van der Waals surface area contributed by atoms with Gasteiger partial charge in [0.05, 0.1) is 16.6 Å². The van der Waals surface area contributed by atoms with Crippen LogP contribution in [0.2, 0.25) is 5.15 Å². The Balaban J connectivity index is 2.37. The smallest absolute Gasteiger partial charge is 0.306 e. The fourth-order valence-corrected chi connectivity index (χ4v) is 1.61. The van der Waals surface area contributed by atoms with E-state index >= 15 is 0 Å². The number of nitro benzene ring substituents is 1. The van der Waals surface area contributed by atoms with Crippen molar-refractivity contribution in [2.75, 3.05) is 5.32 Å². The van der Waals surface area contributed by atoms with Gasteiger partial charge in [0.1, 0.15) is 23.1 Å². The van der Waals surface area contributed by atoms with Crippen molar-refractivity contribution in [2.24, 2.45) is 0 Å². The van der Waals surface area contributed by atoms with E-state index in [1.54, 1.807) is 0 Å². The van der Waals surface area contributed by atoms with Crippen molar-refractivity contribution in [2.45, 2.75) is 0 Å². The first kappa shape index (κ1) is 14.7. The van der Waals surface area contributed by atoms with E-state index in [2.05, 4.69) is 15.3 Å². The van der Waals surface area contributed by atoms with Crippen LogP contribution in [0.15, 0.2) is 24.5 Å². The molecule has 108 valence electrons. The summed E-state index contributed by atoms with van der Waals surface area (Å²) in [5.41, 5.74) is -1.96. The van der Waals surface area contributed by atoms with Gasteiger partial charge in [0, 0.05) is 6.07 Å². The molecule has 0 fully saturated rings. The van der Waals surface area contributed by atoms with Crippen LogP contribution in [-0.2, 0) is 0 Å². The van der Waals surface area contributed by atoms with E-state index in [1.807, 2.05) is 0 Å². The maximum atomic E-state index is 13.8. The van der Waals surface area contributed by atoms with Gasteiger partial charge in [0.15, 0.2) is 0 Å². The molecule has 0 saturated carbocycles. The van der Waals surface area contributed by atoms with Crippen molar-refractivity contribution in [1.82, 2.24) is 9.97 Å². The molecule has 0 saturated heterocycles. The maximum Gasteiger partial charge on any atom is 0.308 e. The van der Waals surface area contributed by atoms with Gasteiger partial charge in [0.2, 0.25) is 5.82 Å². The molecule has 1 aromatic heterocycles. The van der Waals surface area contributed by atoms with Crippen molar-refractivity contribution < 1.29 is 18.5 Å². The molecule has 0 aliphatic heterocycles. The molecule has 0 bridgehead atoms. The van der Waals surface area contributed by atoms with Gasteiger partial charge in [-0.25, -0.2) is 14.4 Å². The number of rotatable bonds is 3. The molecule has 1 aromatic carbocycles. The lowest BCUT2D eigenvalue weighted by Gasteiger charge is -2.06. The van der Waals surface area contributed by atoms with Crippen molar-refractivity contribution in [1.29, 1.82) is 0 Å². The number of hydrogen-bond acceptors (Lipinski definition) is 5. The Hall–Kier alpha value is -2.68. The number of hydrogen-bond donors (Lipinski definition) is 1. The van der Waals surface area contributed by atoms with E-state index in [9.17, 15) is 23.7 Å². The molecule has 1 amide bonds. The molecule has 0 atom stereocenters. The molecule has 1 heterocycles. The number of aromatic nitrogens is 2. The zero-order chi connectivity index (χ0) is 15.6. The lowest BCUT2D eigenvalue weighted by Crippen LogP contribution is -2.16. The van der Waals surface area contributed by atoms with Gasteiger partial charge in [-0.15, -0.1) is 0 Å². The average molecular weight is 315 g/mol. The number of amides is 1. The van der Waals surface area contributed by atoms with E-state index in [4.69, 9.17) is 11.6 Å². The Morgan fingerprint density at radius 2 is 2.00 bits per heavy atom. The summed E-state index contributed by atoms with van der Waals surface area (Å²) in [6.45, 7) is 0. The third-order valence-corrected chi connectivity index (χ3v) is 2.54. The number of carbonyl (C=O) groups excluding carboxylic acids is 1. The zero-order valence-electron chi connectivity index (χ0n) is 10.0. The highest BCUT2D eigenvalue weighted by atomic mass is 35.5. The SMILES string of the molecule is O=C(Nc1cc(Cl)ncn1)c1cc(F)cc([N+](=O)[O-])c1F. The number of halogens is 3. The summed E-state index contributed by atoms with van der Waals surface area (Å²) in [6.07, 6.45) is 1.04. The molecule has 0 spiro atoms. The van der Waals surface area contributed by atoms with Crippen LogP contribution in [0.1, 0.15) is 10.4 Å². The standard InChI is InChI=1S/C11H5ClF2N4O3/c12-8-3-9(16-4-15-8)17-11(19)6-1-5(13)2-7(10(6)14)18(20)21/h1-4H,(H,15,16,17,19). The number of carbonyl (C=O) groups is 1. The summed E-state index contributed by atoms with van der Waals surface area (Å²) >= 11 is 5.57. The second-order valence-corrected chi connectivity index (χ2v) is 4.11. The molecule has 2 aromatic rings. The van der Waals surface area contributed by atoms with Gasteiger partial charge in [-0.1, -0.05) is 11.6 Å². The summed E-state index contributed by atoms with van der Waals surface area (Å²) in [5, 5.41) is 12.7. The van der Waals surface area contributed by atoms with Crippen LogP contribution < -0.4 is 5.32 Å². The quantitative estimate of drug-likeness (QED) is 0.533. The second kappa shape index (κ2) is 5.75. The monoisotopic (exact) mass is 314 g/mol. The van der Waals surface area contributed by atoms with Crippen LogP contribution in [0.4, 0.5) is 20.3 Å². The normalized spacial score (nSPS) is 10.2. The predicted octanol–water partition coefficient (Wildman–Crippen LogP) is 2.57. The van der Waals surface area contributed by atoms with Crippen LogP contribution in [0.25, 0.3) is 0 Å². The third-order valence-electron chi connectivity index (χ3n) is 2.33. The minimum absolute atomic E-state index is 0.0194. The molecule has 0 radical (unpaired) electrons. The number of nitro groups is 1. The number of nitrogens with zero attached hydrogens (tertiary/aromatic N) is 3. The van der Waals surface area contributed by atoms with Gasteiger partial charge in [0.25, 0.3) is 5.91 Å². The predicted molar refractivity (Wildman–Crippen MR) is 68.0 cm³/mol. The van der Waals surface area contributed by atoms with Crippen LogP contribution in [0.5, 0.6) is 0 Å². The zero-order valence-corrected chi connectivity index (χ0v) is 10.8. The van der Waals surface area contributed by atoms with Crippen molar-refractivity contribution in [3.05, 3.63) is 57.0 Å². The summed E-state index contributed by atoms with van der Waals surface area (Å²) < 4.78 is 27.0. The van der Waals surface area contributed by atoms with Crippen LogP contribution in [-0.4, -0.2) is 20.8 Å². The van der Waals surface area contributed by atoms with E-state index in [0.717, 1.165) is 6.33 Å². The van der Waals surface area contributed by atoms with Gasteiger partial charge in [-0.3, -0.25) is 14.9 Å². The van der Waals surface area contributed by atoms with Gasteiger partial charge >= 0.3 is 5.69 Å².